The molecule has 3 heterocycles. The van der Waals surface area contributed by atoms with Gasteiger partial charge in [0, 0.05) is 31.2 Å². The molecule has 11 heteroatoms. The van der Waals surface area contributed by atoms with E-state index in [9.17, 15) is 18.0 Å². The topological polar surface area (TPSA) is 113 Å². The van der Waals surface area contributed by atoms with Gasteiger partial charge in [-0.25, -0.2) is 4.79 Å². The lowest BCUT2D eigenvalue weighted by atomic mass is 9.79. The van der Waals surface area contributed by atoms with Crippen LogP contribution in [0.2, 0.25) is 0 Å². The Labute approximate surface area is 199 Å². The zero-order chi connectivity index (χ0) is 25.5. The van der Waals surface area contributed by atoms with E-state index in [4.69, 9.17) is 24.6 Å². The van der Waals surface area contributed by atoms with E-state index in [1.54, 1.807) is 30.5 Å². The average Bonchev–Trinajstić information content (AvgIpc) is 3.25. The molecule has 1 amide bonds. The number of likely N-dealkylation sites (tertiary alicyclic amines) is 1. The molecule has 4 rings (SSSR count). The van der Waals surface area contributed by atoms with Crippen molar-refractivity contribution >= 4 is 11.9 Å². The summed E-state index contributed by atoms with van der Waals surface area (Å²) in [7, 11) is 0. The molecule has 186 valence electrons. The van der Waals surface area contributed by atoms with Crippen molar-refractivity contribution in [2.45, 2.75) is 31.2 Å². The highest BCUT2D eigenvalue weighted by molar-refractivity contribution is 5.95. The number of hydrogen-bond donors (Lipinski definition) is 1. The first-order valence-electron chi connectivity index (χ1n) is 10.8. The van der Waals surface area contributed by atoms with Gasteiger partial charge >= 0.3 is 12.1 Å². The third-order valence-corrected chi connectivity index (χ3v) is 5.89. The lowest BCUT2D eigenvalue weighted by Gasteiger charge is -2.50. The largest absolute Gasteiger partial charge is 0.490 e. The first-order valence-corrected chi connectivity index (χ1v) is 10.8. The van der Waals surface area contributed by atoms with Crippen molar-refractivity contribution in [3.8, 4) is 6.07 Å². The van der Waals surface area contributed by atoms with E-state index in [1.165, 1.54) is 0 Å². The Bertz CT molecular complexity index is 1070. The number of aliphatic carboxylic acids is 1. The summed E-state index contributed by atoms with van der Waals surface area (Å²) in [5, 5.41) is 16.1. The van der Waals surface area contributed by atoms with Gasteiger partial charge in [0.1, 0.15) is 5.60 Å². The zero-order valence-corrected chi connectivity index (χ0v) is 18.7. The number of carbonyl (C=O) groups is 2. The number of benzene rings is 1. The summed E-state index contributed by atoms with van der Waals surface area (Å²) >= 11 is 0. The van der Waals surface area contributed by atoms with Crippen molar-refractivity contribution in [1.29, 1.82) is 5.26 Å². The van der Waals surface area contributed by atoms with E-state index >= 15 is 0 Å². The Hall–Kier alpha value is -3.49. The Morgan fingerprint density at radius 1 is 1.29 bits per heavy atom. The van der Waals surface area contributed by atoms with Gasteiger partial charge in [0.05, 0.1) is 31.3 Å². The van der Waals surface area contributed by atoms with E-state index in [0.29, 0.717) is 43.3 Å². The predicted octanol–water partition coefficient (Wildman–Crippen LogP) is 3.42. The van der Waals surface area contributed by atoms with Crippen molar-refractivity contribution in [2.24, 2.45) is 5.92 Å². The molecular formula is C24H24F3N3O5. The molecule has 35 heavy (non-hydrogen) atoms. The maximum atomic E-state index is 12.7. The molecule has 1 aromatic carbocycles. The van der Waals surface area contributed by atoms with Gasteiger partial charge in [-0.1, -0.05) is 12.1 Å². The molecule has 2 aliphatic heterocycles. The minimum absolute atomic E-state index is 0.0372. The maximum Gasteiger partial charge on any atom is 0.490 e. The summed E-state index contributed by atoms with van der Waals surface area (Å²) in [6, 6.07) is 12.8. The molecular weight excluding hydrogens is 467 g/mol. The van der Waals surface area contributed by atoms with Gasteiger partial charge in [0.2, 0.25) is 0 Å². The van der Waals surface area contributed by atoms with Crippen LogP contribution in [0.3, 0.4) is 0 Å². The summed E-state index contributed by atoms with van der Waals surface area (Å²) in [6.07, 6.45) is 0.411. The number of alkyl halides is 3. The molecule has 8 nitrogen and oxygen atoms in total. The van der Waals surface area contributed by atoms with Crippen LogP contribution in [0.1, 0.15) is 34.3 Å². The van der Waals surface area contributed by atoms with E-state index in [0.717, 1.165) is 25.0 Å². The number of carboxylic acids is 1. The second-order valence-electron chi connectivity index (χ2n) is 8.26. The molecule has 0 aliphatic carbocycles. The molecule has 1 spiro atoms. The number of aromatic nitrogens is 1. The molecule has 1 aromatic heterocycles. The number of pyridine rings is 1. The Morgan fingerprint density at radius 3 is 2.66 bits per heavy atom. The highest BCUT2D eigenvalue weighted by Gasteiger charge is 2.54. The molecule has 1 atom stereocenters. The maximum absolute atomic E-state index is 12.7. The molecule has 1 unspecified atom stereocenters. The lowest BCUT2D eigenvalue weighted by Crippen LogP contribution is -2.66. The monoisotopic (exact) mass is 491 g/mol. The standard InChI is InChI=1S/C22H23N3O3.C2HF3O2/c23-12-17-3-1-5-19(11-17)21(26)25-15-22(16-25)20(7-10-28-22)6-9-27-14-18-4-2-8-24-13-18;3-2(4,5)1(6)7/h1-5,8,11,13,20H,6-7,9-10,14-16H2;(H,6,7). The van der Waals surface area contributed by atoms with Crippen molar-refractivity contribution in [1.82, 2.24) is 9.88 Å². The van der Waals surface area contributed by atoms with Crippen LogP contribution in [0.5, 0.6) is 0 Å². The third-order valence-electron chi connectivity index (χ3n) is 5.89. The summed E-state index contributed by atoms with van der Waals surface area (Å²) in [4.78, 5) is 27.5. The summed E-state index contributed by atoms with van der Waals surface area (Å²) in [5.41, 5.74) is 1.89. The highest BCUT2D eigenvalue weighted by Crippen LogP contribution is 2.42. The van der Waals surface area contributed by atoms with Gasteiger partial charge in [-0.15, -0.1) is 0 Å². The SMILES string of the molecule is N#Cc1cccc(C(=O)N2CC3(C2)OCCC3CCOCc2cccnc2)c1.O=C(O)C(F)(F)F. The minimum Gasteiger partial charge on any atom is -0.475 e. The van der Waals surface area contributed by atoms with Crippen LogP contribution in [-0.2, 0) is 20.9 Å². The highest BCUT2D eigenvalue weighted by atomic mass is 19.4. The van der Waals surface area contributed by atoms with E-state index in [2.05, 4.69) is 11.1 Å². The molecule has 0 saturated carbocycles. The molecule has 2 fully saturated rings. The quantitative estimate of drug-likeness (QED) is 0.616. The van der Waals surface area contributed by atoms with Crippen molar-refractivity contribution in [3.63, 3.8) is 0 Å². The van der Waals surface area contributed by atoms with Crippen LogP contribution in [0.25, 0.3) is 0 Å². The number of nitriles is 1. The van der Waals surface area contributed by atoms with Crippen molar-refractivity contribution in [3.05, 3.63) is 65.5 Å². The normalized spacial score (nSPS) is 18.2. The van der Waals surface area contributed by atoms with Crippen LogP contribution in [0.4, 0.5) is 13.2 Å². The van der Waals surface area contributed by atoms with Crippen LogP contribution >= 0.6 is 0 Å². The fourth-order valence-electron chi connectivity index (χ4n) is 4.09. The number of nitrogens with zero attached hydrogens (tertiary/aromatic N) is 3. The number of halogens is 3. The smallest absolute Gasteiger partial charge is 0.475 e. The van der Waals surface area contributed by atoms with E-state index in [1.807, 2.05) is 23.2 Å². The number of ether oxygens (including phenoxy) is 2. The third kappa shape index (κ3) is 6.77. The second kappa shape index (κ2) is 11.3. The fraction of sp³-hybridized carbons (Fsp3) is 0.417. The number of carboxylic acid groups (broad SMARTS) is 1. The average molecular weight is 491 g/mol. The van der Waals surface area contributed by atoms with E-state index in [-0.39, 0.29) is 11.5 Å². The first-order chi connectivity index (χ1) is 16.6. The Kier molecular flexibility index (Phi) is 8.43. The summed E-state index contributed by atoms with van der Waals surface area (Å²) in [5.74, 6) is -2.40. The van der Waals surface area contributed by atoms with Crippen molar-refractivity contribution < 1.29 is 37.3 Å². The number of carbonyl (C=O) groups excluding carboxylic acids is 1. The Balaban J connectivity index is 0.000000429. The predicted molar refractivity (Wildman–Crippen MR) is 116 cm³/mol. The first kappa shape index (κ1) is 26.1. The Morgan fingerprint density at radius 2 is 2.03 bits per heavy atom. The number of rotatable bonds is 6. The molecule has 1 N–H and O–H groups in total. The van der Waals surface area contributed by atoms with Crippen molar-refractivity contribution in [2.75, 3.05) is 26.3 Å². The molecule has 2 aromatic rings. The lowest BCUT2D eigenvalue weighted by molar-refractivity contribution is -0.192. The summed E-state index contributed by atoms with van der Waals surface area (Å²) in [6.45, 7) is 3.18. The number of amides is 1. The number of hydrogen-bond acceptors (Lipinski definition) is 6. The van der Waals surface area contributed by atoms with Crippen LogP contribution in [-0.4, -0.2) is 64.9 Å². The van der Waals surface area contributed by atoms with E-state index < -0.39 is 12.1 Å². The molecule has 0 radical (unpaired) electrons. The zero-order valence-electron chi connectivity index (χ0n) is 18.7. The van der Waals surface area contributed by atoms with Gasteiger partial charge in [-0.2, -0.15) is 18.4 Å². The minimum atomic E-state index is -5.08. The summed E-state index contributed by atoms with van der Waals surface area (Å²) < 4.78 is 43.6. The fourth-order valence-corrected chi connectivity index (χ4v) is 4.09. The van der Waals surface area contributed by atoms with Gasteiger partial charge < -0.3 is 19.5 Å². The van der Waals surface area contributed by atoms with Crippen LogP contribution in [0.15, 0.2) is 48.8 Å². The molecule has 2 aliphatic rings. The van der Waals surface area contributed by atoms with Gasteiger partial charge in [0.15, 0.2) is 0 Å². The van der Waals surface area contributed by atoms with Crippen LogP contribution < -0.4 is 0 Å². The van der Waals surface area contributed by atoms with Gasteiger partial charge in [-0.05, 0) is 48.6 Å². The molecule has 0 bridgehead atoms. The van der Waals surface area contributed by atoms with Gasteiger partial charge in [-0.3, -0.25) is 9.78 Å². The molecule has 2 saturated heterocycles. The second-order valence-corrected chi connectivity index (χ2v) is 8.26. The van der Waals surface area contributed by atoms with Gasteiger partial charge in [0.25, 0.3) is 5.91 Å². The van der Waals surface area contributed by atoms with Crippen LogP contribution in [0, 0.1) is 17.2 Å².